The van der Waals surface area contributed by atoms with Gasteiger partial charge in [-0.05, 0) is 62.1 Å². The number of amides is 1. The molecular formula is C27H31NO4. The zero-order valence-electron chi connectivity index (χ0n) is 19.4. The number of piperidine rings is 1. The van der Waals surface area contributed by atoms with Gasteiger partial charge in [-0.1, -0.05) is 18.2 Å². The van der Waals surface area contributed by atoms with Crippen molar-refractivity contribution in [2.24, 2.45) is 0 Å². The third kappa shape index (κ3) is 4.34. The topological polar surface area (TPSA) is 63.7 Å². The number of Topliss-reactive ketones (excluding diaryl/α,β-unsaturated/α-hetero) is 2. The van der Waals surface area contributed by atoms with Gasteiger partial charge in [-0.3, -0.25) is 14.4 Å². The molecule has 168 valence electrons. The second kappa shape index (κ2) is 8.53. The van der Waals surface area contributed by atoms with E-state index in [1.807, 2.05) is 62.9 Å². The van der Waals surface area contributed by atoms with Crippen molar-refractivity contribution >= 4 is 17.5 Å². The predicted molar refractivity (Wildman–Crippen MR) is 124 cm³/mol. The van der Waals surface area contributed by atoms with E-state index in [9.17, 15) is 14.4 Å². The summed E-state index contributed by atoms with van der Waals surface area (Å²) in [6.45, 7) is 9.05. The summed E-state index contributed by atoms with van der Waals surface area (Å²) in [6.07, 6.45) is 2.03. The van der Waals surface area contributed by atoms with E-state index >= 15 is 0 Å². The number of aryl methyl sites for hydroxylation is 4. The molecule has 0 aliphatic carbocycles. The van der Waals surface area contributed by atoms with E-state index in [1.54, 1.807) is 0 Å². The minimum Gasteiger partial charge on any atom is -0.486 e. The highest BCUT2D eigenvalue weighted by molar-refractivity contribution is 6.01. The van der Waals surface area contributed by atoms with Crippen LogP contribution in [0.3, 0.4) is 0 Å². The summed E-state index contributed by atoms with van der Waals surface area (Å²) in [7, 11) is 0. The van der Waals surface area contributed by atoms with Crippen molar-refractivity contribution in [1.82, 2.24) is 4.90 Å². The molecule has 2 aliphatic rings. The molecule has 0 saturated carbocycles. The maximum absolute atomic E-state index is 12.8. The Morgan fingerprint density at radius 2 is 1.66 bits per heavy atom. The summed E-state index contributed by atoms with van der Waals surface area (Å²) in [5.41, 5.74) is 5.08. The van der Waals surface area contributed by atoms with E-state index in [0.717, 1.165) is 22.3 Å². The van der Waals surface area contributed by atoms with Crippen LogP contribution in [0.2, 0.25) is 0 Å². The first-order chi connectivity index (χ1) is 15.2. The largest absolute Gasteiger partial charge is 0.486 e. The number of ether oxygens (including phenoxy) is 1. The number of ketones is 2. The fourth-order valence-corrected chi connectivity index (χ4v) is 4.82. The van der Waals surface area contributed by atoms with Crippen molar-refractivity contribution in [3.63, 3.8) is 0 Å². The Labute approximate surface area is 189 Å². The van der Waals surface area contributed by atoms with E-state index < -0.39 is 5.60 Å². The summed E-state index contributed by atoms with van der Waals surface area (Å²) in [5, 5.41) is 0. The molecular weight excluding hydrogens is 402 g/mol. The third-order valence-corrected chi connectivity index (χ3v) is 6.94. The van der Waals surface area contributed by atoms with Gasteiger partial charge in [0.1, 0.15) is 11.4 Å². The standard InChI is InChI=1S/C27H31NO4/c1-17-13-20(4)26-22(14-17)24(30)16-27(32-26)9-11-28(12-10-27)25(31)8-7-23(29)21-6-5-18(2)19(3)15-21/h5-6,13-15H,7-12,16H2,1-4H3. The highest BCUT2D eigenvalue weighted by Gasteiger charge is 2.44. The van der Waals surface area contributed by atoms with Gasteiger partial charge < -0.3 is 9.64 Å². The van der Waals surface area contributed by atoms with E-state index in [2.05, 4.69) is 0 Å². The summed E-state index contributed by atoms with van der Waals surface area (Å²) in [6, 6.07) is 9.62. The lowest BCUT2D eigenvalue weighted by Gasteiger charge is -2.44. The number of carbonyl (C=O) groups is 3. The Hall–Kier alpha value is -2.95. The maximum atomic E-state index is 12.8. The molecule has 0 unspecified atom stereocenters. The summed E-state index contributed by atoms with van der Waals surface area (Å²) in [5.74, 6) is 0.812. The van der Waals surface area contributed by atoms with Gasteiger partial charge in [-0.2, -0.15) is 0 Å². The molecule has 1 saturated heterocycles. The van der Waals surface area contributed by atoms with Gasteiger partial charge in [-0.15, -0.1) is 0 Å². The molecule has 4 rings (SSSR count). The molecule has 32 heavy (non-hydrogen) atoms. The van der Waals surface area contributed by atoms with Crippen molar-refractivity contribution in [1.29, 1.82) is 0 Å². The zero-order chi connectivity index (χ0) is 23.0. The minimum atomic E-state index is -0.532. The molecule has 2 heterocycles. The molecule has 1 spiro atoms. The zero-order valence-corrected chi connectivity index (χ0v) is 19.4. The monoisotopic (exact) mass is 433 g/mol. The first-order valence-corrected chi connectivity index (χ1v) is 11.4. The molecule has 2 aromatic carbocycles. The van der Waals surface area contributed by atoms with E-state index in [0.29, 0.717) is 49.2 Å². The van der Waals surface area contributed by atoms with Crippen LogP contribution < -0.4 is 4.74 Å². The second-order valence-corrected chi connectivity index (χ2v) is 9.45. The number of carbonyl (C=O) groups excluding carboxylic acids is 3. The molecule has 0 N–H and O–H groups in total. The van der Waals surface area contributed by atoms with Crippen LogP contribution in [0.4, 0.5) is 0 Å². The Balaban J connectivity index is 1.35. The van der Waals surface area contributed by atoms with Crippen LogP contribution in [0, 0.1) is 27.7 Å². The SMILES string of the molecule is Cc1cc(C)c2c(c1)C(=O)CC1(CCN(C(=O)CCC(=O)c3ccc(C)c(C)c3)CC1)O2. The molecule has 2 aliphatic heterocycles. The van der Waals surface area contributed by atoms with E-state index in [1.165, 1.54) is 0 Å². The molecule has 1 fully saturated rings. The molecule has 0 radical (unpaired) electrons. The lowest BCUT2D eigenvalue weighted by Crippen LogP contribution is -2.52. The molecule has 5 heteroatoms. The number of benzene rings is 2. The molecule has 0 atom stereocenters. The van der Waals surface area contributed by atoms with Gasteiger partial charge in [0, 0.05) is 44.3 Å². The highest BCUT2D eigenvalue weighted by Crippen LogP contribution is 2.41. The predicted octanol–water partition coefficient (Wildman–Crippen LogP) is 4.91. The van der Waals surface area contributed by atoms with Crippen LogP contribution in [0.1, 0.15) is 75.1 Å². The number of hydrogen-bond donors (Lipinski definition) is 0. The highest BCUT2D eigenvalue weighted by atomic mass is 16.5. The van der Waals surface area contributed by atoms with Crippen LogP contribution in [0.15, 0.2) is 30.3 Å². The van der Waals surface area contributed by atoms with Crippen molar-refractivity contribution in [2.45, 2.75) is 65.4 Å². The average Bonchev–Trinajstić information content (AvgIpc) is 2.75. The van der Waals surface area contributed by atoms with Gasteiger partial charge in [-0.25, -0.2) is 0 Å². The Kier molecular flexibility index (Phi) is 5.93. The lowest BCUT2D eigenvalue weighted by molar-refractivity contribution is -0.134. The fraction of sp³-hybridized carbons (Fsp3) is 0.444. The summed E-state index contributed by atoms with van der Waals surface area (Å²) >= 11 is 0. The summed E-state index contributed by atoms with van der Waals surface area (Å²) in [4.78, 5) is 39.9. The van der Waals surface area contributed by atoms with Gasteiger partial charge in [0.15, 0.2) is 11.6 Å². The first-order valence-electron chi connectivity index (χ1n) is 11.4. The van der Waals surface area contributed by atoms with Gasteiger partial charge in [0.05, 0.1) is 12.0 Å². The van der Waals surface area contributed by atoms with Gasteiger partial charge in [0.25, 0.3) is 0 Å². The Morgan fingerprint density at radius 1 is 0.938 bits per heavy atom. The smallest absolute Gasteiger partial charge is 0.223 e. The van der Waals surface area contributed by atoms with Gasteiger partial charge in [0.2, 0.25) is 5.91 Å². The van der Waals surface area contributed by atoms with Crippen LogP contribution >= 0.6 is 0 Å². The number of nitrogens with zero attached hydrogens (tertiary/aromatic N) is 1. The van der Waals surface area contributed by atoms with Crippen LogP contribution in [-0.4, -0.2) is 41.1 Å². The second-order valence-electron chi connectivity index (χ2n) is 9.45. The van der Waals surface area contributed by atoms with Crippen molar-refractivity contribution in [3.05, 3.63) is 63.7 Å². The van der Waals surface area contributed by atoms with Gasteiger partial charge >= 0.3 is 0 Å². The number of likely N-dealkylation sites (tertiary alicyclic amines) is 1. The Bertz CT molecular complexity index is 1090. The molecule has 2 aromatic rings. The lowest BCUT2D eigenvalue weighted by atomic mass is 9.81. The molecule has 0 bridgehead atoms. The van der Waals surface area contributed by atoms with Crippen molar-refractivity contribution < 1.29 is 19.1 Å². The molecule has 5 nitrogen and oxygen atoms in total. The fourth-order valence-electron chi connectivity index (χ4n) is 4.82. The number of rotatable bonds is 4. The number of hydrogen-bond acceptors (Lipinski definition) is 4. The van der Waals surface area contributed by atoms with Crippen molar-refractivity contribution in [2.75, 3.05) is 13.1 Å². The average molecular weight is 434 g/mol. The summed E-state index contributed by atoms with van der Waals surface area (Å²) < 4.78 is 6.41. The van der Waals surface area contributed by atoms with Crippen LogP contribution in [0.5, 0.6) is 5.75 Å². The minimum absolute atomic E-state index is 0.00137. The third-order valence-electron chi connectivity index (χ3n) is 6.94. The quantitative estimate of drug-likeness (QED) is 0.643. The molecule has 0 aromatic heterocycles. The van der Waals surface area contributed by atoms with Crippen molar-refractivity contribution in [3.8, 4) is 5.75 Å². The van der Waals surface area contributed by atoms with E-state index in [-0.39, 0.29) is 30.3 Å². The number of fused-ring (bicyclic) bond motifs is 1. The van der Waals surface area contributed by atoms with Crippen LogP contribution in [-0.2, 0) is 4.79 Å². The maximum Gasteiger partial charge on any atom is 0.223 e. The first kappa shape index (κ1) is 22.3. The van der Waals surface area contributed by atoms with Crippen LogP contribution in [0.25, 0.3) is 0 Å². The normalized spacial score (nSPS) is 17.1. The molecule has 1 amide bonds. The Morgan fingerprint density at radius 3 is 2.34 bits per heavy atom. The van der Waals surface area contributed by atoms with E-state index in [4.69, 9.17) is 4.74 Å².